The van der Waals surface area contributed by atoms with Crippen LogP contribution >= 0.6 is 12.0 Å². The van der Waals surface area contributed by atoms with Crippen molar-refractivity contribution in [1.82, 2.24) is 19.7 Å². The summed E-state index contributed by atoms with van der Waals surface area (Å²) < 4.78 is 61.7. The van der Waals surface area contributed by atoms with Crippen molar-refractivity contribution in [2.24, 2.45) is 0 Å². The number of hydrogen-bond acceptors (Lipinski definition) is 17. The first kappa shape index (κ1) is 30.9. The van der Waals surface area contributed by atoms with Gasteiger partial charge in [-0.25, -0.2) is 23.7 Å². The van der Waals surface area contributed by atoms with Crippen LogP contribution in [-0.4, -0.2) is 83.8 Å². The van der Waals surface area contributed by atoms with Crippen LogP contribution in [0, 0.1) is 0 Å². The lowest BCUT2D eigenvalue weighted by molar-refractivity contribution is -0.432. The molecule has 1 heterocycles. The van der Waals surface area contributed by atoms with E-state index in [2.05, 4.69) is 51.1 Å². The van der Waals surface area contributed by atoms with E-state index in [4.69, 9.17) is 10.5 Å². The van der Waals surface area contributed by atoms with E-state index in [0.717, 1.165) is 23.3 Å². The lowest BCUT2D eigenvalue weighted by Crippen LogP contribution is -2.32. The van der Waals surface area contributed by atoms with E-state index < -0.39 is 49.4 Å². The van der Waals surface area contributed by atoms with E-state index in [1.165, 1.54) is 6.07 Å². The molecule has 1 aromatic carbocycles. The Morgan fingerprint density at radius 1 is 1.13 bits per heavy atom. The van der Waals surface area contributed by atoms with Gasteiger partial charge in [-0.1, -0.05) is 5.04 Å². The lowest BCUT2D eigenvalue weighted by Gasteiger charge is -2.21. The molecular weight excluding hydrogens is 578 g/mol. The topological polar surface area (TPSA) is 272 Å². The molecule has 19 nitrogen and oxygen atoms in total. The van der Waals surface area contributed by atoms with Crippen molar-refractivity contribution >= 4 is 61.7 Å². The predicted molar refractivity (Wildman–Crippen MR) is 129 cm³/mol. The molecule has 2 rings (SSSR count). The standard InChI is InChI=1S/C16H21N7O12S3/c1-9(33-26)23(8-13(24)25)16-21-14(17-5-6-18-37(2,28)29)20-15(22-16)19-11-7-10(38(30,31)32)3-4-12(11)36-35-34-27/h3-4,7,18,26-27H,1,5-6,8H2,2H3,(H,24,25)(H,30,31,32)(H2,17,19,20,21,22). The lowest BCUT2D eigenvalue weighted by atomic mass is 10.3. The number of anilines is 4. The number of rotatable bonds is 16. The molecule has 0 bridgehead atoms. The summed E-state index contributed by atoms with van der Waals surface area (Å²) >= 11 is 0.418. The van der Waals surface area contributed by atoms with Crippen molar-refractivity contribution in [3.05, 3.63) is 30.7 Å². The fraction of sp³-hybridized carbons (Fsp3) is 0.250. The van der Waals surface area contributed by atoms with Gasteiger partial charge in [0.1, 0.15) is 6.54 Å². The molecule has 0 atom stereocenters. The first-order valence-corrected chi connectivity index (χ1v) is 13.8. The minimum atomic E-state index is -4.66. The van der Waals surface area contributed by atoms with Crippen molar-refractivity contribution in [2.75, 3.05) is 41.4 Å². The Kier molecular flexibility index (Phi) is 10.9. The molecule has 210 valence electrons. The number of carboxylic acid groups (broad SMARTS) is 1. The highest BCUT2D eigenvalue weighted by molar-refractivity contribution is 7.94. The van der Waals surface area contributed by atoms with Gasteiger partial charge in [0, 0.05) is 13.1 Å². The first-order chi connectivity index (χ1) is 17.7. The van der Waals surface area contributed by atoms with E-state index in [9.17, 15) is 31.3 Å². The molecule has 22 heteroatoms. The molecule has 0 aliphatic heterocycles. The molecule has 0 spiro atoms. The van der Waals surface area contributed by atoms with Gasteiger partial charge in [-0.2, -0.15) is 23.4 Å². The maximum atomic E-state index is 11.6. The Balaban J connectivity index is 2.54. The predicted octanol–water partition coefficient (Wildman–Crippen LogP) is 0.103. The van der Waals surface area contributed by atoms with Crippen LogP contribution in [0.15, 0.2) is 40.5 Å². The van der Waals surface area contributed by atoms with Crippen LogP contribution < -0.4 is 20.3 Å². The van der Waals surface area contributed by atoms with Crippen molar-refractivity contribution < 1.29 is 56.1 Å². The largest absolute Gasteiger partial charge is 0.480 e. The second-order valence-corrected chi connectivity index (χ2v) is 10.8. The fourth-order valence-electron chi connectivity index (χ4n) is 2.50. The molecule has 38 heavy (non-hydrogen) atoms. The molecule has 0 aliphatic carbocycles. The number of nitrogens with one attached hydrogen (secondary N) is 3. The zero-order chi connectivity index (χ0) is 28.5. The summed E-state index contributed by atoms with van der Waals surface area (Å²) in [6, 6.07) is 3.14. The van der Waals surface area contributed by atoms with E-state index in [1.807, 2.05) is 0 Å². The Labute approximate surface area is 219 Å². The van der Waals surface area contributed by atoms with Crippen LogP contribution in [0.25, 0.3) is 0 Å². The Morgan fingerprint density at radius 3 is 2.39 bits per heavy atom. The second-order valence-electron chi connectivity index (χ2n) is 6.82. The number of aromatic nitrogens is 3. The third-order valence-electron chi connectivity index (χ3n) is 3.99. The van der Waals surface area contributed by atoms with Crippen LogP contribution in [0.3, 0.4) is 0 Å². The highest BCUT2D eigenvalue weighted by atomic mass is 32.2. The Hall–Kier alpha value is -3.35. The van der Waals surface area contributed by atoms with Gasteiger partial charge in [-0.3, -0.25) is 14.2 Å². The Bertz CT molecular complexity index is 1370. The van der Waals surface area contributed by atoms with Crippen molar-refractivity contribution in [3.63, 3.8) is 0 Å². The SMILES string of the molecule is C=C(OO)N(CC(=O)O)c1nc(NCCNS(C)(=O)=O)nc(Nc2cc(S(=O)(=O)O)ccc2SOOO)n1. The number of hydrogen-bond donors (Lipinski definition) is 7. The van der Waals surface area contributed by atoms with Gasteiger partial charge in [-0.05, 0) is 24.8 Å². The molecule has 0 amide bonds. The van der Waals surface area contributed by atoms with Gasteiger partial charge in [0.05, 0.1) is 33.8 Å². The number of sulfonamides is 1. The van der Waals surface area contributed by atoms with Crippen LogP contribution in [-0.2, 0) is 39.2 Å². The number of carboxylic acids is 1. The van der Waals surface area contributed by atoms with Crippen LogP contribution in [0.2, 0.25) is 0 Å². The van der Waals surface area contributed by atoms with Gasteiger partial charge < -0.3 is 20.6 Å². The van der Waals surface area contributed by atoms with Gasteiger partial charge in [0.15, 0.2) is 0 Å². The number of aliphatic carboxylic acids is 1. The van der Waals surface area contributed by atoms with Crippen LogP contribution in [0.4, 0.5) is 23.5 Å². The monoisotopic (exact) mass is 599 g/mol. The summed E-state index contributed by atoms with van der Waals surface area (Å²) in [6.07, 6.45) is 0.947. The summed E-state index contributed by atoms with van der Waals surface area (Å²) in [5.74, 6) is -3.01. The maximum Gasteiger partial charge on any atom is 0.323 e. The molecule has 0 fully saturated rings. The first-order valence-electron chi connectivity index (χ1n) is 9.71. The van der Waals surface area contributed by atoms with Crippen molar-refractivity contribution in [3.8, 4) is 0 Å². The molecule has 0 unspecified atom stereocenters. The fourth-order valence-corrected chi connectivity index (χ4v) is 3.91. The zero-order valence-electron chi connectivity index (χ0n) is 19.1. The molecule has 1 aromatic heterocycles. The van der Waals surface area contributed by atoms with E-state index >= 15 is 0 Å². The van der Waals surface area contributed by atoms with Gasteiger partial charge in [-0.15, -0.1) is 4.33 Å². The smallest absolute Gasteiger partial charge is 0.323 e. The highest BCUT2D eigenvalue weighted by Gasteiger charge is 2.22. The molecule has 7 N–H and O–H groups in total. The quantitative estimate of drug-likeness (QED) is 0.0336. The number of benzene rings is 1. The number of nitrogens with zero attached hydrogens (tertiary/aromatic N) is 4. The Morgan fingerprint density at radius 2 is 1.82 bits per heavy atom. The summed E-state index contributed by atoms with van der Waals surface area (Å²) in [4.78, 5) is 27.7. The van der Waals surface area contributed by atoms with E-state index in [-0.39, 0.29) is 35.6 Å². The van der Waals surface area contributed by atoms with Gasteiger partial charge >= 0.3 is 5.97 Å². The molecule has 0 aliphatic rings. The van der Waals surface area contributed by atoms with Gasteiger partial charge in [0.2, 0.25) is 33.8 Å². The maximum absolute atomic E-state index is 11.6. The molecule has 0 saturated heterocycles. The zero-order valence-corrected chi connectivity index (χ0v) is 21.6. The molecule has 0 radical (unpaired) electrons. The normalized spacial score (nSPS) is 11.6. The summed E-state index contributed by atoms with van der Waals surface area (Å²) in [7, 11) is -8.16. The third-order valence-corrected chi connectivity index (χ3v) is 6.23. The minimum absolute atomic E-state index is 0.0483. The third kappa shape index (κ3) is 9.84. The molecular formula is C16H21N7O12S3. The molecule has 2 aromatic rings. The summed E-state index contributed by atoms with van der Waals surface area (Å²) in [5, 5.41) is 35.5. The van der Waals surface area contributed by atoms with Crippen molar-refractivity contribution in [1.29, 1.82) is 0 Å². The van der Waals surface area contributed by atoms with Crippen LogP contribution in [0.5, 0.6) is 0 Å². The highest BCUT2D eigenvalue weighted by Crippen LogP contribution is 2.32. The number of carbonyl (C=O) groups is 1. The molecule has 0 saturated carbocycles. The van der Waals surface area contributed by atoms with Gasteiger partial charge in [0.25, 0.3) is 10.1 Å². The summed E-state index contributed by atoms with van der Waals surface area (Å²) in [6.45, 7) is 2.38. The minimum Gasteiger partial charge on any atom is -0.480 e. The van der Waals surface area contributed by atoms with E-state index in [0.29, 0.717) is 12.0 Å². The average molecular weight is 600 g/mol. The van der Waals surface area contributed by atoms with E-state index in [1.54, 1.807) is 0 Å². The summed E-state index contributed by atoms with van der Waals surface area (Å²) in [5.41, 5.74) is -0.106. The van der Waals surface area contributed by atoms with Crippen molar-refractivity contribution in [2.45, 2.75) is 9.79 Å². The average Bonchev–Trinajstić information content (AvgIpc) is 2.82. The second kappa shape index (κ2) is 13.4. The van der Waals surface area contributed by atoms with Crippen LogP contribution in [0.1, 0.15) is 0 Å².